The van der Waals surface area contributed by atoms with Gasteiger partial charge in [0.15, 0.2) is 5.82 Å². The molecule has 1 aliphatic rings. The molecule has 114 valence electrons. The highest BCUT2D eigenvalue weighted by Crippen LogP contribution is 2.35. The molecule has 2 atom stereocenters. The summed E-state index contributed by atoms with van der Waals surface area (Å²) in [5, 5.41) is 15.3. The number of carboxylic acids is 1. The monoisotopic (exact) mass is 304 g/mol. The number of nitrogens with zero attached hydrogens (tertiary/aromatic N) is 3. The Kier molecular flexibility index (Phi) is 3.58. The van der Waals surface area contributed by atoms with Crippen molar-refractivity contribution in [3.8, 4) is 5.69 Å². The van der Waals surface area contributed by atoms with Gasteiger partial charge in [-0.1, -0.05) is 0 Å². The number of benzene rings is 1. The molecular weight excluding hydrogens is 291 g/mol. The fourth-order valence-corrected chi connectivity index (χ4v) is 2.45. The van der Waals surface area contributed by atoms with Crippen LogP contribution >= 0.6 is 0 Å². The highest BCUT2D eigenvalue weighted by atomic mass is 19.1. The maximum Gasteiger partial charge on any atom is 0.307 e. The van der Waals surface area contributed by atoms with Crippen LogP contribution in [-0.4, -0.2) is 31.7 Å². The average Bonchev–Trinajstić information content (AvgIpc) is 2.90. The van der Waals surface area contributed by atoms with E-state index in [1.807, 2.05) is 0 Å². The van der Waals surface area contributed by atoms with Crippen molar-refractivity contribution in [2.24, 2.45) is 11.8 Å². The lowest BCUT2D eigenvalue weighted by atomic mass is 9.73. The van der Waals surface area contributed by atoms with Crippen molar-refractivity contribution in [1.82, 2.24) is 14.8 Å². The Balaban J connectivity index is 1.72. The molecule has 1 fully saturated rings. The second kappa shape index (κ2) is 5.55. The van der Waals surface area contributed by atoms with Crippen molar-refractivity contribution >= 4 is 17.6 Å². The SMILES string of the molecule is O=C(O)C1CCC1C(=O)Nc1ccc(-n2cncn2)c(F)c1. The van der Waals surface area contributed by atoms with E-state index in [1.165, 1.54) is 35.5 Å². The van der Waals surface area contributed by atoms with E-state index in [0.29, 0.717) is 12.8 Å². The first kappa shape index (κ1) is 14.2. The molecule has 1 amide bonds. The minimum absolute atomic E-state index is 0.211. The Labute approximate surface area is 124 Å². The molecule has 1 aromatic carbocycles. The lowest BCUT2D eigenvalue weighted by Crippen LogP contribution is -2.41. The van der Waals surface area contributed by atoms with Crippen LogP contribution in [0.2, 0.25) is 0 Å². The lowest BCUT2D eigenvalue weighted by molar-refractivity contribution is -0.151. The van der Waals surface area contributed by atoms with Crippen LogP contribution in [0.25, 0.3) is 5.69 Å². The minimum Gasteiger partial charge on any atom is -0.481 e. The van der Waals surface area contributed by atoms with Gasteiger partial charge < -0.3 is 10.4 Å². The van der Waals surface area contributed by atoms with Gasteiger partial charge in [0, 0.05) is 5.69 Å². The largest absolute Gasteiger partial charge is 0.481 e. The number of amides is 1. The summed E-state index contributed by atoms with van der Waals surface area (Å²) in [7, 11) is 0. The summed E-state index contributed by atoms with van der Waals surface area (Å²) in [6, 6.07) is 4.17. The average molecular weight is 304 g/mol. The van der Waals surface area contributed by atoms with Crippen LogP contribution < -0.4 is 5.32 Å². The summed E-state index contributed by atoms with van der Waals surface area (Å²) in [4.78, 5) is 26.7. The molecule has 3 rings (SSSR count). The Morgan fingerprint density at radius 2 is 2.09 bits per heavy atom. The Bertz CT molecular complexity index is 717. The number of nitrogens with one attached hydrogen (secondary N) is 1. The molecule has 0 saturated heterocycles. The molecule has 2 unspecified atom stereocenters. The van der Waals surface area contributed by atoms with Gasteiger partial charge >= 0.3 is 5.97 Å². The fourth-order valence-electron chi connectivity index (χ4n) is 2.45. The summed E-state index contributed by atoms with van der Waals surface area (Å²) in [5.74, 6) is -3.15. The smallest absolute Gasteiger partial charge is 0.307 e. The van der Waals surface area contributed by atoms with Gasteiger partial charge in [0.2, 0.25) is 5.91 Å². The van der Waals surface area contributed by atoms with Crippen LogP contribution in [0.1, 0.15) is 12.8 Å². The zero-order valence-electron chi connectivity index (χ0n) is 11.4. The molecule has 0 spiro atoms. The topological polar surface area (TPSA) is 97.1 Å². The van der Waals surface area contributed by atoms with Gasteiger partial charge in [0.05, 0.1) is 11.8 Å². The summed E-state index contributed by atoms with van der Waals surface area (Å²) in [5.41, 5.74) is 0.491. The van der Waals surface area contributed by atoms with Crippen molar-refractivity contribution < 1.29 is 19.1 Å². The first-order valence-electron chi connectivity index (χ1n) is 6.74. The molecule has 1 aromatic heterocycles. The van der Waals surface area contributed by atoms with E-state index in [0.717, 1.165) is 0 Å². The van der Waals surface area contributed by atoms with Gasteiger partial charge in [-0.2, -0.15) is 5.10 Å². The summed E-state index contributed by atoms with van der Waals surface area (Å²) >= 11 is 0. The van der Waals surface area contributed by atoms with Crippen LogP contribution in [0.15, 0.2) is 30.9 Å². The number of hydrogen-bond acceptors (Lipinski definition) is 4. The number of aromatic nitrogens is 3. The number of carbonyl (C=O) groups excluding carboxylic acids is 1. The summed E-state index contributed by atoms with van der Waals surface area (Å²) in [6.07, 6.45) is 3.68. The number of carbonyl (C=O) groups is 2. The van der Waals surface area contributed by atoms with E-state index < -0.39 is 29.5 Å². The fraction of sp³-hybridized carbons (Fsp3) is 0.286. The number of halogens is 1. The predicted octanol–water partition coefficient (Wildman–Crippen LogP) is 1.46. The van der Waals surface area contributed by atoms with Gasteiger partial charge in [0.1, 0.15) is 18.3 Å². The van der Waals surface area contributed by atoms with Gasteiger partial charge in [-0.15, -0.1) is 0 Å². The number of aliphatic carboxylic acids is 1. The molecule has 1 saturated carbocycles. The Hall–Kier alpha value is -2.77. The van der Waals surface area contributed by atoms with Gasteiger partial charge in [0.25, 0.3) is 0 Å². The first-order chi connectivity index (χ1) is 10.6. The maximum absolute atomic E-state index is 14.0. The van der Waals surface area contributed by atoms with Gasteiger partial charge in [-0.05, 0) is 31.0 Å². The van der Waals surface area contributed by atoms with Crippen LogP contribution in [0.3, 0.4) is 0 Å². The lowest BCUT2D eigenvalue weighted by Gasteiger charge is -2.31. The molecule has 1 heterocycles. The zero-order valence-corrected chi connectivity index (χ0v) is 11.4. The van der Waals surface area contributed by atoms with Crippen molar-refractivity contribution in [2.75, 3.05) is 5.32 Å². The van der Waals surface area contributed by atoms with Crippen LogP contribution in [0, 0.1) is 17.7 Å². The van der Waals surface area contributed by atoms with Crippen molar-refractivity contribution in [1.29, 1.82) is 0 Å². The van der Waals surface area contributed by atoms with Gasteiger partial charge in [-0.3, -0.25) is 9.59 Å². The number of hydrogen-bond donors (Lipinski definition) is 2. The summed E-state index contributed by atoms with van der Waals surface area (Å²) in [6.45, 7) is 0. The number of rotatable bonds is 4. The third-order valence-electron chi connectivity index (χ3n) is 3.81. The molecule has 0 aliphatic heterocycles. The molecule has 7 nitrogen and oxygen atoms in total. The maximum atomic E-state index is 14.0. The van der Waals surface area contributed by atoms with E-state index in [1.54, 1.807) is 0 Å². The van der Waals surface area contributed by atoms with E-state index in [2.05, 4.69) is 15.4 Å². The summed E-state index contributed by atoms with van der Waals surface area (Å²) < 4.78 is 15.3. The second-order valence-corrected chi connectivity index (χ2v) is 5.12. The molecular formula is C14H13FN4O3. The zero-order chi connectivity index (χ0) is 15.7. The van der Waals surface area contributed by atoms with Crippen LogP contribution in [-0.2, 0) is 9.59 Å². The van der Waals surface area contributed by atoms with Gasteiger partial charge in [-0.25, -0.2) is 14.1 Å². The number of anilines is 1. The standard InChI is InChI=1S/C14H13FN4O3/c15-11-5-8(1-4-12(11)19-7-16-6-17-19)18-13(20)9-2-3-10(9)14(21)22/h1,4-7,9-10H,2-3H2,(H,18,20)(H,21,22). The predicted molar refractivity (Wildman–Crippen MR) is 73.8 cm³/mol. The minimum atomic E-state index is -0.973. The molecule has 22 heavy (non-hydrogen) atoms. The van der Waals surface area contributed by atoms with Crippen molar-refractivity contribution in [3.05, 3.63) is 36.7 Å². The normalized spacial score (nSPS) is 20.2. The van der Waals surface area contributed by atoms with E-state index in [9.17, 15) is 14.0 Å². The molecule has 2 aromatic rings. The molecule has 2 N–H and O–H groups in total. The van der Waals surface area contributed by atoms with Crippen LogP contribution in [0.5, 0.6) is 0 Å². The first-order valence-corrected chi connectivity index (χ1v) is 6.74. The highest BCUT2D eigenvalue weighted by Gasteiger charge is 2.41. The number of carboxylic acid groups (broad SMARTS) is 1. The quantitative estimate of drug-likeness (QED) is 0.891. The van der Waals surface area contributed by atoms with Crippen molar-refractivity contribution in [2.45, 2.75) is 12.8 Å². The Morgan fingerprint density at radius 3 is 2.64 bits per heavy atom. The second-order valence-electron chi connectivity index (χ2n) is 5.12. The Morgan fingerprint density at radius 1 is 1.32 bits per heavy atom. The van der Waals surface area contributed by atoms with E-state index in [4.69, 9.17) is 5.11 Å². The van der Waals surface area contributed by atoms with E-state index >= 15 is 0 Å². The van der Waals surface area contributed by atoms with Crippen LogP contribution in [0.4, 0.5) is 10.1 Å². The highest BCUT2D eigenvalue weighted by molar-refractivity contribution is 5.96. The van der Waals surface area contributed by atoms with Crippen molar-refractivity contribution in [3.63, 3.8) is 0 Å². The molecule has 8 heteroatoms. The van der Waals surface area contributed by atoms with E-state index in [-0.39, 0.29) is 11.4 Å². The molecule has 1 aliphatic carbocycles. The molecule has 0 bridgehead atoms. The third-order valence-corrected chi connectivity index (χ3v) is 3.81. The third kappa shape index (κ3) is 2.54. The molecule has 0 radical (unpaired) electrons.